The van der Waals surface area contributed by atoms with Gasteiger partial charge in [0.2, 0.25) is 10.0 Å². The molecule has 1 unspecified atom stereocenters. The van der Waals surface area contributed by atoms with Crippen molar-refractivity contribution >= 4 is 27.6 Å². The van der Waals surface area contributed by atoms with Crippen LogP contribution >= 0.6 is 11.6 Å². The SMILES string of the molecule is CCC(NS(=O)(=O)c1ccc(Cl)c(C)c1)C(=O)O. The molecule has 1 atom stereocenters. The van der Waals surface area contributed by atoms with E-state index in [4.69, 9.17) is 16.7 Å². The highest BCUT2D eigenvalue weighted by atomic mass is 35.5. The average Bonchev–Trinajstić information content (AvgIpc) is 2.29. The summed E-state index contributed by atoms with van der Waals surface area (Å²) in [6, 6.07) is 3.07. The normalized spacial score (nSPS) is 13.3. The summed E-state index contributed by atoms with van der Waals surface area (Å²) < 4.78 is 26.0. The monoisotopic (exact) mass is 291 g/mol. The third-order valence-corrected chi connectivity index (χ3v) is 4.34. The summed E-state index contributed by atoms with van der Waals surface area (Å²) in [7, 11) is -3.85. The van der Waals surface area contributed by atoms with Crippen molar-refractivity contribution in [1.82, 2.24) is 4.72 Å². The molecule has 1 aromatic rings. The molecule has 0 saturated heterocycles. The first-order chi connectivity index (χ1) is 8.27. The van der Waals surface area contributed by atoms with Gasteiger partial charge in [0, 0.05) is 5.02 Å². The molecule has 7 heteroatoms. The molecule has 0 aliphatic heterocycles. The minimum Gasteiger partial charge on any atom is -0.480 e. The first-order valence-electron chi connectivity index (χ1n) is 5.29. The zero-order valence-corrected chi connectivity index (χ0v) is 11.5. The fourth-order valence-electron chi connectivity index (χ4n) is 1.35. The molecule has 0 saturated carbocycles. The van der Waals surface area contributed by atoms with E-state index in [9.17, 15) is 13.2 Å². The number of aryl methyl sites for hydroxylation is 1. The maximum Gasteiger partial charge on any atom is 0.321 e. The largest absolute Gasteiger partial charge is 0.480 e. The number of carbonyl (C=O) groups is 1. The first-order valence-corrected chi connectivity index (χ1v) is 7.15. The Hall–Kier alpha value is -1.11. The number of carboxylic acids is 1. The van der Waals surface area contributed by atoms with Crippen molar-refractivity contribution in [2.75, 3.05) is 0 Å². The molecular formula is C11H14ClNO4S. The van der Waals surface area contributed by atoms with E-state index >= 15 is 0 Å². The van der Waals surface area contributed by atoms with Crippen LogP contribution in [0.4, 0.5) is 0 Å². The first kappa shape index (κ1) is 14.9. The standard InChI is InChI=1S/C11H14ClNO4S/c1-3-10(11(14)15)13-18(16,17)8-4-5-9(12)7(2)6-8/h4-6,10,13H,3H2,1-2H3,(H,14,15). The number of hydrogen-bond donors (Lipinski definition) is 2. The van der Waals surface area contributed by atoms with Crippen LogP contribution in [0.3, 0.4) is 0 Å². The lowest BCUT2D eigenvalue weighted by Crippen LogP contribution is -2.40. The maximum absolute atomic E-state index is 12.0. The van der Waals surface area contributed by atoms with Gasteiger partial charge in [0.25, 0.3) is 0 Å². The smallest absolute Gasteiger partial charge is 0.321 e. The predicted octanol–water partition coefficient (Wildman–Crippen LogP) is 1.79. The summed E-state index contributed by atoms with van der Waals surface area (Å²) in [4.78, 5) is 10.8. The minimum absolute atomic E-state index is 0.00380. The highest BCUT2D eigenvalue weighted by Gasteiger charge is 2.23. The topological polar surface area (TPSA) is 83.5 Å². The van der Waals surface area contributed by atoms with Crippen LogP contribution in [0.25, 0.3) is 0 Å². The van der Waals surface area contributed by atoms with Gasteiger partial charge < -0.3 is 5.11 Å². The van der Waals surface area contributed by atoms with E-state index in [-0.39, 0.29) is 11.3 Å². The summed E-state index contributed by atoms with van der Waals surface area (Å²) in [6.45, 7) is 3.27. The van der Waals surface area contributed by atoms with Crippen LogP contribution in [-0.4, -0.2) is 25.5 Å². The van der Waals surface area contributed by atoms with E-state index in [1.54, 1.807) is 13.8 Å². The zero-order valence-electron chi connectivity index (χ0n) is 9.97. The molecule has 0 spiro atoms. The molecule has 1 rings (SSSR count). The van der Waals surface area contributed by atoms with E-state index in [0.29, 0.717) is 10.6 Å². The van der Waals surface area contributed by atoms with Crippen molar-refractivity contribution in [2.45, 2.75) is 31.2 Å². The average molecular weight is 292 g/mol. The van der Waals surface area contributed by atoms with Crippen molar-refractivity contribution in [2.24, 2.45) is 0 Å². The molecule has 0 aliphatic carbocycles. The molecule has 18 heavy (non-hydrogen) atoms. The predicted molar refractivity (Wildman–Crippen MR) is 68.2 cm³/mol. The van der Waals surface area contributed by atoms with Crippen molar-refractivity contribution in [3.63, 3.8) is 0 Å². The Kier molecular flexibility index (Phi) is 4.72. The quantitative estimate of drug-likeness (QED) is 0.866. The highest BCUT2D eigenvalue weighted by Crippen LogP contribution is 2.19. The van der Waals surface area contributed by atoms with Crippen LogP contribution in [0.1, 0.15) is 18.9 Å². The number of nitrogens with one attached hydrogen (secondary N) is 1. The van der Waals surface area contributed by atoms with Crippen LogP contribution in [0.5, 0.6) is 0 Å². The van der Waals surface area contributed by atoms with Gasteiger partial charge in [0.05, 0.1) is 4.90 Å². The summed E-state index contributed by atoms with van der Waals surface area (Å²) >= 11 is 5.80. The number of aliphatic carboxylic acids is 1. The van der Waals surface area contributed by atoms with Gasteiger partial charge in [0.15, 0.2) is 0 Å². The van der Waals surface area contributed by atoms with E-state index in [2.05, 4.69) is 4.72 Å². The molecule has 2 N–H and O–H groups in total. The number of rotatable bonds is 5. The van der Waals surface area contributed by atoms with Gasteiger partial charge in [-0.1, -0.05) is 18.5 Å². The Morgan fingerprint density at radius 2 is 2.11 bits per heavy atom. The summed E-state index contributed by atoms with van der Waals surface area (Å²) in [6.07, 6.45) is 0.168. The third-order valence-electron chi connectivity index (χ3n) is 2.44. The minimum atomic E-state index is -3.85. The molecule has 0 aromatic heterocycles. The number of halogens is 1. The Morgan fingerprint density at radius 1 is 1.50 bits per heavy atom. The summed E-state index contributed by atoms with van der Waals surface area (Å²) in [5.41, 5.74) is 0.614. The number of sulfonamides is 1. The zero-order chi connectivity index (χ0) is 13.9. The lowest BCUT2D eigenvalue weighted by Gasteiger charge is -2.13. The van der Waals surface area contributed by atoms with Gasteiger partial charge in [0.1, 0.15) is 6.04 Å². The van der Waals surface area contributed by atoms with Crippen LogP contribution in [-0.2, 0) is 14.8 Å². The van der Waals surface area contributed by atoms with Crippen LogP contribution in [0.15, 0.2) is 23.1 Å². The van der Waals surface area contributed by atoms with Gasteiger partial charge in [-0.05, 0) is 37.1 Å². The van der Waals surface area contributed by atoms with Crippen molar-refractivity contribution in [3.05, 3.63) is 28.8 Å². The number of hydrogen-bond acceptors (Lipinski definition) is 3. The van der Waals surface area contributed by atoms with Crippen molar-refractivity contribution in [1.29, 1.82) is 0 Å². The molecule has 0 fully saturated rings. The molecule has 0 radical (unpaired) electrons. The molecule has 0 bridgehead atoms. The Balaban J connectivity index is 3.06. The van der Waals surface area contributed by atoms with E-state index in [1.165, 1.54) is 18.2 Å². The van der Waals surface area contributed by atoms with E-state index in [0.717, 1.165) is 0 Å². The Morgan fingerprint density at radius 3 is 2.56 bits per heavy atom. The van der Waals surface area contributed by atoms with Crippen molar-refractivity contribution < 1.29 is 18.3 Å². The summed E-state index contributed by atoms with van der Waals surface area (Å²) in [5.74, 6) is -1.20. The van der Waals surface area contributed by atoms with Gasteiger partial charge in [-0.3, -0.25) is 4.79 Å². The van der Waals surface area contributed by atoms with E-state index in [1.807, 2.05) is 0 Å². The fraction of sp³-hybridized carbons (Fsp3) is 0.364. The third kappa shape index (κ3) is 3.44. The molecule has 0 heterocycles. The second kappa shape index (κ2) is 5.69. The highest BCUT2D eigenvalue weighted by molar-refractivity contribution is 7.89. The van der Waals surface area contributed by atoms with E-state index < -0.39 is 22.0 Å². The van der Waals surface area contributed by atoms with Crippen LogP contribution < -0.4 is 4.72 Å². The van der Waals surface area contributed by atoms with Gasteiger partial charge in [-0.2, -0.15) is 4.72 Å². The molecule has 0 aliphatic rings. The lowest BCUT2D eigenvalue weighted by molar-refractivity contribution is -0.139. The molecule has 100 valence electrons. The molecule has 5 nitrogen and oxygen atoms in total. The van der Waals surface area contributed by atoms with Gasteiger partial charge >= 0.3 is 5.97 Å². The second-order valence-corrected chi connectivity index (χ2v) is 5.95. The van der Waals surface area contributed by atoms with Gasteiger partial charge in [-0.15, -0.1) is 0 Å². The molecule has 1 aromatic carbocycles. The van der Waals surface area contributed by atoms with Gasteiger partial charge in [-0.25, -0.2) is 8.42 Å². The molecular weight excluding hydrogens is 278 g/mol. The fourth-order valence-corrected chi connectivity index (χ4v) is 2.82. The van der Waals surface area contributed by atoms with Crippen molar-refractivity contribution in [3.8, 4) is 0 Å². The lowest BCUT2D eigenvalue weighted by atomic mass is 10.2. The Bertz CT molecular complexity index is 556. The van der Waals surface area contributed by atoms with Crippen LogP contribution in [0, 0.1) is 6.92 Å². The number of carboxylic acid groups (broad SMARTS) is 1. The summed E-state index contributed by atoms with van der Waals surface area (Å²) in [5, 5.41) is 9.29. The van der Waals surface area contributed by atoms with Crippen LogP contribution in [0.2, 0.25) is 5.02 Å². The number of benzene rings is 1. The maximum atomic E-state index is 12.0. The Labute approximate surface area is 111 Å². The second-order valence-electron chi connectivity index (χ2n) is 3.83. The molecule has 0 amide bonds.